The summed E-state index contributed by atoms with van der Waals surface area (Å²) in [5.41, 5.74) is 6.00. The van der Waals surface area contributed by atoms with Crippen LogP contribution in [0.4, 0.5) is 5.82 Å². The zero-order valence-corrected chi connectivity index (χ0v) is 6.65. The Morgan fingerprint density at radius 2 is 2.17 bits per heavy atom. The highest BCUT2D eigenvalue weighted by atomic mass is 35.5. The molecule has 60 valence electrons. The number of hydrogen-bond donors (Lipinski definition) is 1. The summed E-state index contributed by atoms with van der Waals surface area (Å²) < 4.78 is 0. The van der Waals surface area contributed by atoms with Gasteiger partial charge in [0.2, 0.25) is 5.28 Å². The molecule has 0 spiro atoms. The summed E-state index contributed by atoms with van der Waals surface area (Å²) in [4.78, 5) is 15.3. The van der Waals surface area contributed by atoms with Crippen molar-refractivity contribution in [3.05, 3.63) is 17.8 Å². The van der Waals surface area contributed by atoms with Gasteiger partial charge in [-0.15, -0.1) is 0 Å². The Kier molecular flexibility index (Phi) is 1.51. The van der Waals surface area contributed by atoms with Crippen molar-refractivity contribution in [3.63, 3.8) is 0 Å². The van der Waals surface area contributed by atoms with Crippen LogP contribution in [0.3, 0.4) is 0 Å². The molecule has 0 aromatic carbocycles. The Labute approximate surface area is 72.6 Å². The van der Waals surface area contributed by atoms with Crippen LogP contribution in [0.25, 0.3) is 11.0 Å². The summed E-state index contributed by atoms with van der Waals surface area (Å²) in [6.45, 7) is 0. The van der Waals surface area contributed by atoms with E-state index in [0.29, 0.717) is 16.9 Å². The Balaban J connectivity index is 2.89. The molecular formula is C6H4ClN5. The molecule has 0 atom stereocenters. The Morgan fingerprint density at radius 1 is 1.33 bits per heavy atom. The van der Waals surface area contributed by atoms with Crippen LogP contribution in [-0.4, -0.2) is 19.9 Å². The maximum absolute atomic E-state index is 5.56. The third-order valence-electron chi connectivity index (χ3n) is 1.38. The van der Waals surface area contributed by atoms with Crippen LogP contribution in [0.5, 0.6) is 0 Å². The van der Waals surface area contributed by atoms with Gasteiger partial charge >= 0.3 is 0 Å². The Hall–Kier alpha value is -1.49. The second-order valence-corrected chi connectivity index (χ2v) is 2.48. The van der Waals surface area contributed by atoms with Crippen molar-refractivity contribution in [2.75, 3.05) is 5.73 Å². The van der Waals surface area contributed by atoms with E-state index in [-0.39, 0.29) is 5.28 Å². The smallest absolute Gasteiger partial charge is 0.226 e. The molecule has 2 heterocycles. The van der Waals surface area contributed by atoms with Gasteiger partial charge in [-0.1, -0.05) is 0 Å². The molecule has 2 aromatic heterocycles. The van der Waals surface area contributed by atoms with E-state index in [2.05, 4.69) is 19.9 Å². The zero-order chi connectivity index (χ0) is 8.55. The second-order valence-electron chi connectivity index (χ2n) is 2.14. The average molecular weight is 182 g/mol. The third kappa shape index (κ3) is 1.04. The quantitative estimate of drug-likeness (QED) is 0.604. The predicted octanol–water partition coefficient (Wildman–Crippen LogP) is 0.655. The number of aromatic nitrogens is 4. The summed E-state index contributed by atoms with van der Waals surface area (Å²) in [6.07, 6.45) is 2.93. The second kappa shape index (κ2) is 2.53. The van der Waals surface area contributed by atoms with Crippen LogP contribution in [0.1, 0.15) is 0 Å². The largest absolute Gasteiger partial charge is 0.383 e. The molecule has 0 aliphatic carbocycles. The lowest BCUT2D eigenvalue weighted by Crippen LogP contribution is -1.96. The van der Waals surface area contributed by atoms with Crippen molar-refractivity contribution in [1.29, 1.82) is 0 Å². The molecule has 5 nitrogen and oxygen atoms in total. The van der Waals surface area contributed by atoms with Crippen molar-refractivity contribution in [1.82, 2.24) is 19.9 Å². The Morgan fingerprint density at radius 3 is 3.00 bits per heavy atom. The first-order valence-electron chi connectivity index (χ1n) is 3.16. The molecule has 0 aliphatic rings. The number of anilines is 1. The number of nitrogens with two attached hydrogens (primary N) is 1. The minimum Gasteiger partial charge on any atom is -0.383 e. The molecule has 0 aliphatic heterocycles. The van der Waals surface area contributed by atoms with Gasteiger partial charge in [0.1, 0.15) is 12.1 Å². The Bertz CT molecular complexity index is 429. The molecule has 2 N–H and O–H groups in total. The first-order chi connectivity index (χ1) is 5.77. The topological polar surface area (TPSA) is 77.6 Å². The zero-order valence-electron chi connectivity index (χ0n) is 5.90. The first kappa shape index (κ1) is 7.17. The van der Waals surface area contributed by atoms with Gasteiger partial charge in [0, 0.05) is 6.20 Å². The fraction of sp³-hybridized carbons (Fsp3) is 0. The lowest BCUT2D eigenvalue weighted by atomic mass is 10.4. The molecule has 0 unspecified atom stereocenters. The molecule has 0 bridgehead atoms. The highest BCUT2D eigenvalue weighted by Gasteiger charge is 2.02. The summed E-state index contributed by atoms with van der Waals surface area (Å²) in [7, 11) is 0. The van der Waals surface area contributed by atoms with E-state index in [1.165, 1.54) is 6.33 Å². The van der Waals surface area contributed by atoms with Crippen LogP contribution >= 0.6 is 11.6 Å². The molecule has 0 fully saturated rings. The molecule has 6 heteroatoms. The van der Waals surface area contributed by atoms with Gasteiger partial charge in [-0.05, 0) is 11.6 Å². The standard InChI is InChI=1S/C6H4ClN5/c7-6-11-4(8)3-1-9-2-10-5(3)12-6/h1-2H,(H2,8,9,10,11,12). The average Bonchev–Trinajstić information content (AvgIpc) is 2.04. The maximum atomic E-state index is 5.56. The predicted molar refractivity (Wildman–Crippen MR) is 44.6 cm³/mol. The fourth-order valence-corrected chi connectivity index (χ4v) is 1.04. The van der Waals surface area contributed by atoms with E-state index >= 15 is 0 Å². The van der Waals surface area contributed by atoms with Gasteiger partial charge in [-0.3, -0.25) is 0 Å². The van der Waals surface area contributed by atoms with Crippen LogP contribution in [0, 0.1) is 0 Å². The van der Waals surface area contributed by atoms with Crippen LogP contribution in [0.15, 0.2) is 12.5 Å². The molecule has 0 radical (unpaired) electrons. The van der Waals surface area contributed by atoms with E-state index in [1.807, 2.05) is 0 Å². The highest BCUT2D eigenvalue weighted by molar-refractivity contribution is 6.28. The fourth-order valence-electron chi connectivity index (χ4n) is 0.865. The highest BCUT2D eigenvalue weighted by Crippen LogP contribution is 2.15. The maximum Gasteiger partial charge on any atom is 0.226 e. The number of halogens is 1. The first-order valence-corrected chi connectivity index (χ1v) is 3.54. The van der Waals surface area contributed by atoms with E-state index in [4.69, 9.17) is 17.3 Å². The van der Waals surface area contributed by atoms with Gasteiger partial charge in [0.25, 0.3) is 0 Å². The minimum absolute atomic E-state index is 0.0960. The summed E-state index contributed by atoms with van der Waals surface area (Å²) in [5.74, 6) is 0.297. The van der Waals surface area contributed by atoms with Crippen molar-refractivity contribution >= 4 is 28.5 Å². The van der Waals surface area contributed by atoms with Gasteiger partial charge in [-0.25, -0.2) is 15.0 Å². The lowest BCUT2D eigenvalue weighted by Gasteiger charge is -1.97. The molecule has 12 heavy (non-hydrogen) atoms. The molecule has 2 rings (SSSR count). The molecule has 0 saturated carbocycles. The summed E-state index contributed by atoms with van der Waals surface area (Å²) in [6, 6.07) is 0. The number of fused-ring (bicyclic) bond motifs is 1. The van der Waals surface area contributed by atoms with Crippen molar-refractivity contribution < 1.29 is 0 Å². The van der Waals surface area contributed by atoms with Crippen LogP contribution in [0.2, 0.25) is 5.28 Å². The minimum atomic E-state index is 0.0960. The van der Waals surface area contributed by atoms with Crippen molar-refractivity contribution in [3.8, 4) is 0 Å². The van der Waals surface area contributed by atoms with Crippen molar-refractivity contribution in [2.24, 2.45) is 0 Å². The number of nitrogens with zero attached hydrogens (tertiary/aromatic N) is 4. The van der Waals surface area contributed by atoms with Gasteiger partial charge in [0.05, 0.1) is 5.39 Å². The SMILES string of the molecule is Nc1nc(Cl)nc2ncncc12. The van der Waals surface area contributed by atoms with E-state index in [0.717, 1.165) is 0 Å². The third-order valence-corrected chi connectivity index (χ3v) is 1.55. The lowest BCUT2D eigenvalue weighted by molar-refractivity contribution is 1.14. The molecule has 0 saturated heterocycles. The van der Waals surface area contributed by atoms with Crippen molar-refractivity contribution in [2.45, 2.75) is 0 Å². The summed E-state index contributed by atoms with van der Waals surface area (Å²) >= 11 is 5.56. The van der Waals surface area contributed by atoms with Gasteiger partial charge in [-0.2, -0.15) is 4.98 Å². The molecular weight excluding hydrogens is 178 g/mol. The summed E-state index contributed by atoms with van der Waals surface area (Å²) in [5, 5.41) is 0.709. The molecule has 0 amide bonds. The van der Waals surface area contributed by atoms with E-state index in [9.17, 15) is 0 Å². The molecule has 2 aromatic rings. The number of rotatable bonds is 0. The van der Waals surface area contributed by atoms with Gasteiger partial charge < -0.3 is 5.73 Å². The number of hydrogen-bond acceptors (Lipinski definition) is 5. The number of nitrogen functional groups attached to an aromatic ring is 1. The van der Waals surface area contributed by atoms with E-state index < -0.39 is 0 Å². The van der Waals surface area contributed by atoms with Gasteiger partial charge in [0.15, 0.2) is 5.65 Å². The monoisotopic (exact) mass is 181 g/mol. The van der Waals surface area contributed by atoms with Crippen LogP contribution in [-0.2, 0) is 0 Å². The normalized spacial score (nSPS) is 10.4. The van der Waals surface area contributed by atoms with E-state index in [1.54, 1.807) is 6.20 Å². The van der Waals surface area contributed by atoms with Crippen LogP contribution < -0.4 is 5.73 Å².